The van der Waals surface area contributed by atoms with E-state index in [2.05, 4.69) is 11.8 Å². The number of aliphatic hydroxyl groups excluding tert-OH is 1. The van der Waals surface area contributed by atoms with Crippen molar-refractivity contribution < 1.29 is 13.5 Å². The standard InChI is InChI=1S/C14H24N2O3S2/c1-3-16-9-4-5-12(16)11-15(2)21(18,19)14-7-6-13(20-14)8-10-17/h6-7,12,17H,3-5,8-11H2,1-2H3. The molecule has 120 valence electrons. The lowest BCUT2D eigenvalue weighted by molar-refractivity contribution is 0.238. The van der Waals surface area contributed by atoms with Crippen molar-refractivity contribution in [1.82, 2.24) is 9.21 Å². The molecule has 0 aliphatic carbocycles. The van der Waals surface area contributed by atoms with Crippen LogP contribution < -0.4 is 0 Å². The maximum atomic E-state index is 12.6. The van der Waals surface area contributed by atoms with Crippen LogP contribution >= 0.6 is 11.3 Å². The number of hydrogen-bond acceptors (Lipinski definition) is 5. The minimum absolute atomic E-state index is 0.0450. The van der Waals surface area contributed by atoms with Gasteiger partial charge in [-0.3, -0.25) is 4.90 Å². The first kappa shape index (κ1) is 16.9. The Morgan fingerprint density at radius 3 is 2.90 bits per heavy atom. The van der Waals surface area contributed by atoms with Crippen molar-refractivity contribution in [2.45, 2.75) is 36.4 Å². The van der Waals surface area contributed by atoms with E-state index in [0.29, 0.717) is 23.2 Å². The fourth-order valence-electron chi connectivity index (χ4n) is 2.81. The van der Waals surface area contributed by atoms with Crippen LogP contribution in [-0.2, 0) is 16.4 Å². The lowest BCUT2D eigenvalue weighted by Gasteiger charge is -2.27. The molecular weight excluding hydrogens is 308 g/mol. The number of aliphatic hydroxyl groups is 1. The molecule has 5 nitrogen and oxygen atoms in total. The van der Waals surface area contributed by atoms with E-state index in [9.17, 15) is 8.42 Å². The highest BCUT2D eigenvalue weighted by Gasteiger charge is 2.29. The fraction of sp³-hybridized carbons (Fsp3) is 0.714. The second-order valence-electron chi connectivity index (χ2n) is 5.40. The molecule has 0 aromatic carbocycles. The van der Waals surface area contributed by atoms with Crippen LogP contribution in [0.15, 0.2) is 16.3 Å². The van der Waals surface area contributed by atoms with Gasteiger partial charge in [-0.05, 0) is 38.1 Å². The molecule has 1 atom stereocenters. The van der Waals surface area contributed by atoms with Gasteiger partial charge in [0.2, 0.25) is 0 Å². The topological polar surface area (TPSA) is 60.9 Å². The van der Waals surface area contributed by atoms with Crippen LogP contribution in [0.2, 0.25) is 0 Å². The minimum atomic E-state index is -3.41. The molecule has 0 spiro atoms. The van der Waals surface area contributed by atoms with Crippen molar-refractivity contribution in [1.29, 1.82) is 0 Å². The molecule has 0 bridgehead atoms. The van der Waals surface area contributed by atoms with E-state index in [-0.39, 0.29) is 6.61 Å². The van der Waals surface area contributed by atoms with E-state index >= 15 is 0 Å². The number of hydrogen-bond donors (Lipinski definition) is 1. The zero-order chi connectivity index (χ0) is 15.5. The lowest BCUT2D eigenvalue weighted by atomic mass is 10.2. The van der Waals surface area contributed by atoms with Crippen LogP contribution in [-0.4, -0.2) is 62.1 Å². The highest BCUT2D eigenvalue weighted by Crippen LogP contribution is 2.26. The normalized spacial score (nSPS) is 20.5. The van der Waals surface area contributed by atoms with Crippen LogP contribution in [0.4, 0.5) is 0 Å². The van der Waals surface area contributed by atoms with Crippen molar-refractivity contribution in [3.63, 3.8) is 0 Å². The van der Waals surface area contributed by atoms with Gasteiger partial charge < -0.3 is 5.11 Å². The predicted octanol–water partition coefficient (Wildman–Crippen LogP) is 1.39. The van der Waals surface area contributed by atoms with Crippen LogP contribution in [0.5, 0.6) is 0 Å². The zero-order valence-corrected chi connectivity index (χ0v) is 14.3. The van der Waals surface area contributed by atoms with Crippen molar-refractivity contribution in [3.05, 3.63) is 17.0 Å². The van der Waals surface area contributed by atoms with Gasteiger partial charge in [-0.2, -0.15) is 4.31 Å². The maximum absolute atomic E-state index is 12.6. The Hall–Kier alpha value is -0.470. The highest BCUT2D eigenvalue weighted by atomic mass is 32.2. The van der Waals surface area contributed by atoms with Crippen LogP contribution in [0, 0.1) is 0 Å². The third-order valence-electron chi connectivity index (χ3n) is 4.03. The molecule has 1 unspecified atom stereocenters. The third-order valence-corrected chi connectivity index (χ3v) is 7.47. The number of rotatable bonds is 7. The van der Waals surface area contributed by atoms with Gasteiger partial charge >= 0.3 is 0 Å². The Balaban J connectivity index is 2.07. The second-order valence-corrected chi connectivity index (χ2v) is 8.84. The zero-order valence-electron chi connectivity index (χ0n) is 12.7. The molecule has 1 N–H and O–H groups in total. The van der Waals surface area contributed by atoms with Crippen molar-refractivity contribution in [2.75, 3.05) is 33.3 Å². The maximum Gasteiger partial charge on any atom is 0.252 e. The molecule has 2 rings (SSSR count). The van der Waals surface area contributed by atoms with Gasteiger partial charge in [-0.25, -0.2) is 8.42 Å². The number of likely N-dealkylation sites (N-methyl/N-ethyl adjacent to an activating group) is 2. The summed E-state index contributed by atoms with van der Waals surface area (Å²) in [6.45, 7) is 4.74. The second kappa shape index (κ2) is 7.19. The minimum Gasteiger partial charge on any atom is -0.396 e. The van der Waals surface area contributed by atoms with Gasteiger partial charge in [0, 0.05) is 37.5 Å². The van der Waals surface area contributed by atoms with E-state index in [1.54, 1.807) is 19.2 Å². The summed E-state index contributed by atoms with van der Waals surface area (Å²) in [5, 5.41) is 8.93. The Morgan fingerprint density at radius 1 is 1.48 bits per heavy atom. The highest BCUT2D eigenvalue weighted by molar-refractivity contribution is 7.91. The molecule has 0 amide bonds. The Morgan fingerprint density at radius 2 is 2.24 bits per heavy atom. The van der Waals surface area contributed by atoms with Crippen molar-refractivity contribution in [3.8, 4) is 0 Å². The molecule has 1 aliphatic heterocycles. The number of likely N-dealkylation sites (tertiary alicyclic amines) is 1. The predicted molar refractivity (Wildman–Crippen MR) is 85.2 cm³/mol. The Kier molecular flexibility index (Phi) is 5.79. The van der Waals surface area contributed by atoms with Gasteiger partial charge in [0.1, 0.15) is 4.21 Å². The average molecular weight is 332 g/mol. The summed E-state index contributed by atoms with van der Waals surface area (Å²) in [6.07, 6.45) is 2.72. The number of thiophene rings is 1. The first-order valence-corrected chi connectivity index (χ1v) is 9.64. The molecule has 0 saturated carbocycles. The van der Waals surface area contributed by atoms with E-state index in [1.165, 1.54) is 15.6 Å². The summed E-state index contributed by atoms with van der Waals surface area (Å²) in [4.78, 5) is 3.25. The molecule has 1 saturated heterocycles. The van der Waals surface area contributed by atoms with Gasteiger partial charge in [0.15, 0.2) is 0 Å². The lowest BCUT2D eigenvalue weighted by Crippen LogP contribution is -2.40. The summed E-state index contributed by atoms with van der Waals surface area (Å²) in [5.41, 5.74) is 0. The quantitative estimate of drug-likeness (QED) is 0.820. The third kappa shape index (κ3) is 3.84. The first-order chi connectivity index (χ1) is 9.98. The monoisotopic (exact) mass is 332 g/mol. The smallest absolute Gasteiger partial charge is 0.252 e. The first-order valence-electron chi connectivity index (χ1n) is 7.39. The fourth-order valence-corrected chi connectivity index (χ4v) is 5.57. The molecular formula is C14H24N2O3S2. The molecule has 1 aromatic heterocycles. The molecule has 21 heavy (non-hydrogen) atoms. The van der Waals surface area contributed by atoms with Crippen LogP contribution in [0.3, 0.4) is 0 Å². The van der Waals surface area contributed by atoms with Gasteiger partial charge in [0.25, 0.3) is 10.0 Å². The average Bonchev–Trinajstić information content (AvgIpc) is 3.08. The summed E-state index contributed by atoms with van der Waals surface area (Å²) >= 11 is 1.25. The number of nitrogens with zero attached hydrogens (tertiary/aromatic N) is 2. The van der Waals surface area contributed by atoms with Gasteiger partial charge in [0.05, 0.1) is 0 Å². The summed E-state index contributed by atoms with van der Waals surface area (Å²) in [6, 6.07) is 3.76. The Labute approximate surface area is 131 Å². The van der Waals surface area contributed by atoms with E-state index in [0.717, 1.165) is 30.8 Å². The number of sulfonamides is 1. The molecule has 0 radical (unpaired) electrons. The summed E-state index contributed by atoms with van der Waals surface area (Å²) in [5.74, 6) is 0. The summed E-state index contributed by atoms with van der Waals surface area (Å²) in [7, 11) is -1.75. The SMILES string of the molecule is CCN1CCCC1CN(C)S(=O)(=O)c1ccc(CCO)s1. The van der Waals surface area contributed by atoms with Crippen molar-refractivity contribution in [2.24, 2.45) is 0 Å². The summed E-state index contributed by atoms with van der Waals surface area (Å²) < 4.78 is 27.0. The van der Waals surface area contributed by atoms with Gasteiger partial charge in [-0.15, -0.1) is 11.3 Å². The van der Waals surface area contributed by atoms with E-state index < -0.39 is 10.0 Å². The van der Waals surface area contributed by atoms with Crippen molar-refractivity contribution >= 4 is 21.4 Å². The van der Waals surface area contributed by atoms with Gasteiger partial charge in [-0.1, -0.05) is 6.92 Å². The van der Waals surface area contributed by atoms with E-state index in [1.807, 2.05) is 0 Å². The molecule has 1 aromatic rings. The van der Waals surface area contributed by atoms with E-state index in [4.69, 9.17) is 5.11 Å². The molecule has 1 aliphatic rings. The van der Waals surface area contributed by atoms with Crippen LogP contribution in [0.25, 0.3) is 0 Å². The molecule has 2 heterocycles. The molecule has 7 heteroatoms. The largest absolute Gasteiger partial charge is 0.396 e. The van der Waals surface area contributed by atoms with Crippen LogP contribution in [0.1, 0.15) is 24.6 Å². The Bertz CT molecular complexity index is 556. The molecule has 1 fully saturated rings.